The third kappa shape index (κ3) is 66.6. The maximum absolute atomic E-state index is 12.3. The number of halogens is 15. The number of nitrogens with one attached hydrogen (secondary N) is 5. The molecule has 3 rings (SSSR count). The predicted octanol–water partition coefficient (Wildman–Crippen LogP) is 11.1. The summed E-state index contributed by atoms with van der Waals surface area (Å²) in [4.78, 5) is 59.0. The molecule has 19 nitrogen and oxygen atoms in total. The smallest absolute Gasteiger partial charge is 0.407 e. The maximum Gasteiger partial charge on any atom is 0.407 e. The van der Waals surface area contributed by atoms with Crippen molar-refractivity contribution in [3.8, 4) is 0 Å². The molecular formula is C60H93F15N10O9. The number of benzene rings is 3. The molecule has 0 spiro atoms. The summed E-state index contributed by atoms with van der Waals surface area (Å²) in [7, 11) is 1.79. The van der Waals surface area contributed by atoms with Crippen LogP contribution in [0.15, 0.2) is 91.0 Å². The van der Waals surface area contributed by atoms with E-state index in [4.69, 9.17) is 29.8 Å². The van der Waals surface area contributed by atoms with Crippen LogP contribution in [0.1, 0.15) is 83.4 Å². The van der Waals surface area contributed by atoms with Gasteiger partial charge >= 0.3 is 49.2 Å². The molecule has 3 aromatic rings. The number of carboxylic acid groups (broad SMARTS) is 1. The van der Waals surface area contributed by atoms with Crippen molar-refractivity contribution in [3.63, 3.8) is 0 Å². The third-order valence-corrected chi connectivity index (χ3v) is 11.5. The Kier molecular flexibility index (Phi) is 51.9. The van der Waals surface area contributed by atoms with Gasteiger partial charge in [-0.05, 0) is 108 Å². The van der Waals surface area contributed by atoms with Crippen LogP contribution in [0.4, 0.5) is 80.2 Å². The van der Waals surface area contributed by atoms with Crippen LogP contribution >= 0.6 is 0 Å². The third-order valence-electron chi connectivity index (χ3n) is 11.5. The molecule has 0 fully saturated rings. The van der Waals surface area contributed by atoms with Gasteiger partial charge < -0.3 is 56.5 Å². The summed E-state index contributed by atoms with van der Waals surface area (Å²) in [6.07, 6.45) is -20.4. The Balaban J connectivity index is -0.00000111. The van der Waals surface area contributed by atoms with Crippen LogP contribution < -0.4 is 32.3 Å². The molecule has 94 heavy (non-hydrogen) atoms. The number of nitrogens with zero attached hydrogens (tertiary/aromatic N) is 4. The fourth-order valence-electron chi connectivity index (χ4n) is 7.08. The van der Waals surface area contributed by atoms with Crippen LogP contribution in [-0.4, -0.2) is 211 Å². The van der Waals surface area contributed by atoms with Crippen LogP contribution in [0.3, 0.4) is 0 Å². The lowest BCUT2D eigenvalue weighted by molar-refractivity contribution is -0.159. The van der Waals surface area contributed by atoms with E-state index in [0.717, 1.165) is 43.5 Å². The van der Waals surface area contributed by atoms with Crippen molar-refractivity contribution >= 4 is 30.2 Å². The number of aliphatic carboxylic acids is 1. The molecule has 3 aromatic carbocycles. The first-order valence-corrected chi connectivity index (χ1v) is 29.7. The molecule has 0 bridgehead atoms. The lowest BCUT2D eigenvalue weighted by Gasteiger charge is -2.22. The highest BCUT2D eigenvalue weighted by Crippen LogP contribution is 2.19. The fourth-order valence-corrected chi connectivity index (χ4v) is 7.08. The van der Waals surface area contributed by atoms with Crippen molar-refractivity contribution in [2.24, 2.45) is 5.73 Å². The van der Waals surface area contributed by atoms with Gasteiger partial charge in [-0.2, -0.15) is 65.9 Å². The molecule has 34 heteroatoms. The van der Waals surface area contributed by atoms with Gasteiger partial charge in [0.15, 0.2) is 0 Å². The minimum atomic E-state index is -4.44. The van der Waals surface area contributed by atoms with Crippen molar-refractivity contribution in [2.45, 2.75) is 117 Å². The first-order chi connectivity index (χ1) is 43.9. The Morgan fingerprint density at radius 3 is 1.01 bits per heavy atom. The monoisotopic (exact) mass is 1380 g/mol. The minimum Gasteiger partial charge on any atom is -0.481 e. The zero-order valence-electron chi connectivity index (χ0n) is 53.8. The second-order valence-electron chi connectivity index (χ2n) is 19.9. The van der Waals surface area contributed by atoms with Crippen LogP contribution in [0.2, 0.25) is 0 Å². The summed E-state index contributed by atoms with van der Waals surface area (Å²) in [5, 5.41) is 20.0. The summed E-state index contributed by atoms with van der Waals surface area (Å²) in [6.45, 7) is 7.18. The van der Waals surface area contributed by atoms with E-state index in [2.05, 4.69) is 26.6 Å². The van der Waals surface area contributed by atoms with E-state index < -0.39 is 93.8 Å². The predicted molar refractivity (Wildman–Crippen MR) is 325 cm³/mol. The van der Waals surface area contributed by atoms with Gasteiger partial charge in [0.25, 0.3) is 5.97 Å². The number of hydrogen-bond acceptors (Lipinski definition) is 14. The topological polar surface area (TPSA) is 232 Å². The zero-order chi connectivity index (χ0) is 72.1. The minimum absolute atomic E-state index is 0.0895. The average molecular weight is 1380 g/mol. The van der Waals surface area contributed by atoms with E-state index in [0.29, 0.717) is 63.4 Å². The van der Waals surface area contributed by atoms with Crippen LogP contribution in [0.25, 0.3) is 0 Å². The van der Waals surface area contributed by atoms with Gasteiger partial charge in [-0.1, -0.05) is 112 Å². The highest BCUT2D eigenvalue weighted by Gasteiger charge is 2.33. The zero-order valence-corrected chi connectivity index (χ0v) is 53.8. The molecule has 0 aliphatic carbocycles. The molecule has 4 amide bonds. The summed E-state index contributed by atoms with van der Waals surface area (Å²) in [5.74, 6) is -1.49. The largest absolute Gasteiger partial charge is 0.481 e. The van der Waals surface area contributed by atoms with Crippen LogP contribution in [0, 0.1) is 0 Å². The molecule has 0 aromatic heterocycles. The van der Waals surface area contributed by atoms with Crippen molar-refractivity contribution < 1.29 is 109 Å². The van der Waals surface area contributed by atoms with E-state index in [1.54, 1.807) is 40.0 Å². The van der Waals surface area contributed by atoms with Gasteiger partial charge in [0.05, 0.1) is 26.2 Å². The van der Waals surface area contributed by atoms with E-state index >= 15 is 0 Å². The van der Waals surface area contributed by atoms with Crippen molar-refractivity contribution in [1.82, 2.24) is 46.2 Å². The molecule has 542 valence electrons. The SMILES string of the molecule is CC(=O)N(CCCNC(=O)OCc1ccccc1)CC(F)(F)F.CC(=O)O.CCN(CCCN)CC(F)(F)F.CCN(CCCNC(=O)OCc1ccccc1)CC(F)(F)F.CCN(CCCNC)CC(F)(F)F.O=C(NCCCNCC(F)(F)F)OCc1ccccc1. The molecule has 8 N–H and O–H groups in total. The molecule has 0 radical (unpaired) electrons. The van der Waals surface area contributed by atoms with Gasteiger partial charge in [-0.3, -0.25) is 24.3 Å². The molecule has 0 saturated carbocycles. The lowest BCUT2D eigenvalue weighted by Crippen LogP contribution is -2.39. The first-order valence-electron chi connectivity index (χ1n) is 29.7. The highest BCUT2D eigenvalue weighted by atomic mass is 19.4. The summed E-state index contributed by atoms with van der Waals surface area (Å²) < 4.78 is 195. The summed E-state index contributed by atoms with van der Waals surface area (Å²) in [5.41, 5.74) is 7.76. The summed E-state index contributed by atoms with van der Waals surface area (Å²) >= 11 is 0. The fraction of sp³-hybridized carbons (Fsp3) is 0.617. The Labute approximate surface area is 539 Å². The Morgan fingerprint density at radius 1 is 0.436 bits per heavy atom. The second kappa shape index (κ2) is 53.4. The van der Waals surface area contributed by atoms with E-state index in [1.165, 1.54) is 14.7 Å². The van der Waals surface area contributed by atoms with Gasteiger partial charge in [0, 0.05) is 46.6 Å². The van der Waals surface area contributed by atoms with Gasteiger partial charge in [0.1, 0.15) is 26.4 Å². The molecule has 0 saturated heterocycles. The normalized spacial score (nSPS) is 11.3. The van der Waals surface area contributed by atoms with E-state index in [1.807, 2.05) is 78.9 Å². The Morgan fingerprint density at radius 2 is 0.734 bits per heavy atom. The number of ether oxygens (including phenoxy) is 3. The number of carboxylic acids is 1. The first kappa shape index (κ1) is 91.3. The Hall–Kier alpha value is -6.88. The average Bonchev–Trinajstić information content (AvgIpc) is 1.59. The number of alkyl carbamates (subject to hydrolysis) is 3. The number of carbonyl (C=O) groups is 5. The lowest BCUT2D eigenvalue weighted by atomic mass is 10.2. The number of carbonyl (C=O) groups excluding carboxylic acids is 4. The van der Waals surface area contributed by atoms with Crippen molar-refractivity contribution in [3.05, 3.63) is 108 Å². The van der Waals surface area contributed by atoms with E-state index in [9.17, 15) is 85.0 Å². The van der Waals surface area contributed by atoms with Gasteiger partial charge in [0.2, 0.25) is 5.91 Å². The number of hydrogen-bond donors (Lipinski definition) is 7. The van der Waals surface area contributed by atoms with Crippen LogP contribution in [-0.2, 0) is 43.6 Å². The highest BCUT2D eigenvalue weighted by molar-refractivity contribution is 5.73. The number of nitrogens with two attached hydrogens (primary N) is 1. The molecule has 0 aliphatic rings. The van der Waals surface area contributed by atoms with Crippen molar-refractivity contribution in [2.75, 3.05) is 125 Å². The van der Waals surface area contributed by atoms with Gasteiger partial charge in [-0.25, -0.2) is 14.4 Å². The molecule has 0 heterocycles. The number of alkyl halides is 15. The molecule has 0 atom stereocenters. The molecular weight excluding hydrogens is 1290 g/mol. The number of rotatable bonds is 33. The number of amides is 4. The van der Waals surface area contributed by atoms with Crippen LogP contribution in [0.5, 0.6) is 0 Å². The molecule has 0 aliphatic heterocycles. The summed E-state index contributed by atoms with van der Waals surface area (Å²) in [6, 6.07) is 27.5. The second-order valence-corrected chi connectivity index (χ2v) is 19.9. The van der Waals surface area contributed by atoms with Gasteiger partial charge in [-0.15, -0.1) is 0 Å². The quantitative estimate of drug-likeness (QED) is 0.0171. The maximum atomic E-state index is 12.3. The standard InChI is InChI=1S/C15H19F3N2O3.C15H21F3N2O2.C13H17F3N2O2.C8H17F3N2.C7H15F3N2.C2H4O2/c1-12(21)20(11-15(16,17)18)9-5-8-19-14(22)23-10-13-6-3-2-4-7-13;1-2-20(12-15(16,17)18)10-6-9-19-14(21)22-11-13-7-4-3-5-8-13;14-13(15,16)10-17-7-4-8-18-12(19)20-9-11-5-2-1-3-6-11;1-3-13(6-4-5-12-2)7-8(9,10)11;1-2-12(5-3-4-11)6-7(8,9)10;1-2(3)4/h2-4,6-7H,5,8-11H2,1H3,(H,19,22);3-5,7-8H,2,6,9-12H2,1H3,(H,19,21);1-3,5-6,17H,4,7-10H2,(H,18,19);12H,3-7H2,1-2H3;2-6,11H2,1H3;1H3,(H,3,4). The molecule has 0 unspecified atom stereocenters. The van der Waals surface area contributed by atoms with E-state index in [-0.39, 0.29) is 65.5 Å². The van der Waals surface area contributed by atoms with Crippen molar-refractivity contribution in [1.29, 1.82) is 0 Å². The Bertz CT molecular complexity index is 2370.